The van der Waals surface area contributed by atoms with Crippen molar-refractivity contribution in [2.45, 2.75) is 11.8 Å². The van der Waals surface area contributed by atoms with Crippen LogP contribution in [0.25, 0.3) is 11.1 Å². The van der Waals surface area contributed by atoms with Crippen LogP contribution in [0.2, 0.25) is 0 Å². The zero-order valence-corrected chi connectivity index (χ0v) is 10.7. The summed E-state index contributed by atoms with van der Waals surface area (Å²) in [5, 5.41) is 0. The Balaban J connectivity index is 2.77. The highest BCUT2D eigenvalue weighted by Gasteiger charge is 2.17. The van der Waals surface area contributed by atoms with Crippen LogP contribution in [0, 0.1) is 18.6 Å². The summed E-state index contributed by atoms with van der Waals surface area (Å²) < 4.78 is 58.1. The van der Waals surface area contributed by atoms with Crippen molar-refractivity contribution >= 4 is 10.1 Å². The molecule has 0 aliphatic rings. The van der Waals surface area contributed by atoms with E-state index in [9.17, 15) is 17.2 Å². The molecule has 2 rings (SSSR count). The van der Waals surface area contributed by atoms with Crippen LogP contribution in [0.15, 0.2) is 41.3 Å². The van der Waals surface area contributed by atoms with Crippen LogP contribution in [0.3, 0.4) is 0 Å². The minimum absolute atomic E-state index is 0.0498. The fourth-order valence-corrected chi connectivity index (χ4v) is 2.50. The molecule has 0 radical (unpaired) electrons. The SMILES string of the molecule is Cc1ccc(S(=O)(=O)O)c(-c2cc(F)cc(F)c2)c1. The van der Waals surface area contributed by atoms with E-state index in [0.717, 1.165) is 12.1 Å². The molecule has 100 valence electrons. The number of rotatable bonds is 2. The Hall–Kier alpha value is -1.79. The van der Waals surface area contributed by atoms with E-state index in [0.29, 0.717) is 11.6 Å². The van der Waals surface area contributed by atoms with Crippen LogP contribution in [0.1, 0.15) is 5.56 Å². The first kappa shape index (κ1) is 13.6. The molecule has 3 nitrogen and oxygen atoms in total. The molecule has 0 aromatic heterocycles. The average molecular weight is 284 g/mol. The van der Waals surface area contributed by atoms with Gasteiger partial charge in [0.2, 0.25) is 0 Å². The predicted molar refractivity (Wildman–Crippen MR) is 66.3 cm³/mol. The lowest BCUT2D eigenvalue weighted by atomic mass is 10.0. The molecule has 0 saturated heterocycles. The van der Waals surface area contributed by atoms with Crippen molar-refractivity contribution in [1.29, 1.82) is 0 Å². The average Bonchev–Trinajstić information content (AvgIpc) is 2.25. The maximum atomic E-state index is 13.2. The van der Waals surface area contributed by atoms with Crippen LogP contribution in [0.5, 0.6) is 0 Å². The molecule has 19 heavy (non-hydrogen) atoms. The summed E-state index contributed by atoms with van der Waals surface area (Å²) in [6, 6.07) is 6.83. The Morgan fingerprint density at radius 1 is 1.00 bits per heavy atom. The van der Waals surface area contributed by atoms with E-state index in [1.165, 1.54) is 18.2 Å². The van der Waals surface area contributed by atoms with Crippen LogP contribution >= 0.6 is 0 Å². The summed E-state index contributed by atoms with van der Waals surface area (Å²) in [6.45, 7) is 1.70. The van der Waals surface area contributed by atoms with E-state index in [-0.39, 0.29) is 16.0 Å². The molecule has 0 spiro atoms. The van der Waals surface area contributed by atoms with Gasteiger partial charge < -0.3 is 0 Å². The van der Waals surface area contributed by atoms with Gasteiger partial charge in [0.15, 0.2) is 0 Å². The fourth-order valence-electron chi connectivity index (χ4n) is 1.80. The third-order valence-corrected chi connectivity index (χ3v) is 3.50. The van der Waals surface area contributed by atoms with Gasteiger partial charge >= 0.3 is 0 Å². The molecule has 0 bridgehead atoms. The quantitative estimate of drug-likeness (QED) is 0.862. The standard InChI is InChI=1S/C13H10F2O3S/c1-8-2-3-13(19(16,17)18)12(4-8)9-5-10(14)7-11(15)6-9/h2-7H,1H3,(H,16,17,18). The highest BCUT2D eigenvalue weighted by atomic mass is 32.2. The minimum Gasteiger partial charge on any atom is -0.282 e. The van der Waals surface area contributed by atoms with E-state index in [1.807, 2.05) is 0 Å². The molecule has 0 aliphatic carbocycles. The zero-order chi connectivity index (χ0) is 14.2. The van der Waals surface area contributed by atoms with E-state index >= 15 is 0 Å². The van der Waals surface area contributed by atoms with Gasteiger partial charge in [0.05, 0.1) is 0 Å². The van der Waals surface area contributed by atoms with E-state index < -0.39 is 21.8 Å². The fraction of sp³-hybridized carbons (Fsp3) is 0.0769. The molecule has 1 N–H and O–H groups in total. The minimum atomic E-state index is -4.47. The Labute approximate surface area is 109 Å². The van der Waals surface area contributed by atoms with Crippen LogP contribution < -0.4 is 0 Å². The van der Waals surface area contributed by atoms with Crippen LogP contribution in [-0.2, 0) is 10.1 Å². The van der Waals surface area contributed by atoms with Crippen molar-refractivity contribution in [3.05, 3.63) is 53.6 Å². The Morgan fingerprint density at radius 2 is 1.58 bits per heavy atom. The molecule has 0 saturated carbocycles. The van der Waals surface area contributed by atoms with Gasteiger partial charge in [-0.1, -0.05) is 17.7 Å². The second-order valence-electron chi connectivity index (χ2n) is 4.13. The highest BCUT2D eigenvalue weighted by molar-refractivity contribution is 7.86. The third-order valence-electron chi connectivity index (χ3n) is 2.59. The Morgan fingerprint density at radius 3 is 2.11 bits per heavy atom. The molecule has 2 aromatic carbocycles. The van der Waals surface area contributed by atoms with Gasteiger partial charge in [-0.25, -0.2) is 8.78 Å². The lowest BCUT2D eigenvalue weighted by molar-refractivity contribution is 0.483. The van der Waals surface area contributed by atoms with Crippen LogP contribution in [-0.4, -0.2) is 13.0 Å². The Bertz CT molecular complexity index is 719. The molecule has 0 atom stereocenters. The molecule has 0 amide bonds. The normalized spacial score (nSPS) is 11.6. The van der Waals surface area contributed by atoms with Gasteiger partial charge in [-0.05, 0) is 30.7 Å². The van der Waals surface area contributed by atoms with Gasteiger partial charge in [-0.2, -0.15) is 8.42 Å². The molecule has 0 heterocycles. The lowest BCUT2D eigenvalue weighted by Gasteiger charge is -2.09. The van der Waals surface area contributed by atoms with Gasteiger partial charge in [0, 0.05) is 11.6 Å². The lowest BCUT2D eigenvalue weighted by Crippen LogP contribution is -2.01. The summed E-state index contributed by atoms with van der Waals surface area (Å²) >= 11 is 0. The summed E-state index contributed by atoms with van der Waals surface area (Å²) in [4.78, 5) is -0.386. The molecule has 0 fully saturated rings. The van der Waals surface area contributed by atoms with Crippen molar-refractivity contribution in [2.24, 2.45) is 0 Å². The first-order chi connectivity index (χ1) is 8.77. The zero-order valence-electron chi connectivity index (χ0n) is 9.89. The van der Waals surface area contributed by atoms with Gasteiger partial charge in [-0.15, -0.1) is 0 Å². The van der Waals surface area contributed by atoms with Gasteiger partial charge in [-0.3, -0.25) is 4.55 Å². The largest absolute Gasteiger partial charge is 0.295 e. The molecule has 2 aromatic rings. The van der Waals surface area contributed by atoms with Crippen molar-refractivity contribution in [3.63, 3.8) is 0 Å². The molecule has 0 aliphatic heterocycles. The third kappa shape index (κ3) is 2.97. The number of halogens is 2. The number of benzene rings is 2. The first-order valence-electron chi connectivity index (χ1n) is 5.32. The van der Waals surface area contributed by atoms with Crippen molar-refractivity contribution in [2.75, 3.05) is 0 Å². The summed E-state index contributed by atoms with van der Waals surface area (Å²) in [6.07, 6.45) is 0. The van der Waals surface area contributed by atoms with E-state index in [4.69, 9.17) is 4.55 Å². The predicted octanol–water partition coefficient (Wildman–Crippen LogP) is 3.19. The highest BCUT2D eigenvalue weighted by Crippen LogP contribution is 2.29. The van der Waals surface area contributed by atoms with Gasteiger partial charge in [0.1, 0.15) is 16.5 Å². The summed E-state index contributed by atoms with van der Waals surface area (Å²) in [5.74, 6) is -1.64. The molecular weight excluding hydrogens is 274 g/mol. The second kappa shape index (κ2) is 4.71. The first-order valence-corrected chi connectivity index (χ1v) is 6.76. The molecular formula is C13H10F2O3S. The smallest absolute Gasteiger partial charge is 0.282 e. The topological polar surface area (TPSA) is 54.4 Å². The second-order valence-corrected chi connectivity index (χ2v) is 5.52. The molecule has 0 unspecified atom stereocenters. The summed E-state index contributed by atoms with van der Waals surface area (Å²) in [5.41, 5.74) is 0.807. The van der Waals surface area contributed by atoms with Gasteiger partial charge in [0.25, 0.3) is 10.1 Å². The number of hydrogen-bond donors (Lipinski definition) is 1. The van der Waals surface area contributed by atoms with E-state index in [1.54, 1.807) is 6.92 Å². The van der Waals surface area contributed by atoms with Crippen molar-refractivity contribution < 1.29 is 21.8 Å². The maximum Gasteiger partial charge on any atom is 0.295 e. The summed E-state index contributed by atoms with van der Waals surface area (Å²) in [7, 11) is -4.47. The molecule has 6 heteroatoms. The van der Waals surface area contributed by atoms with Crippen molar-refractivity contribution in [1.82, 2.24) is 0 Å². The maximum absolute atomic E-state index is 13.2. The van der Waals surface area contributed by atoms with E-state index in [2.05, 4.69) is 0 Å². The number of hydrogen-bond acceptors (Lipinski definition) is 2. The van der Waals surface area contributed by atoms with Crippen LogP contribution in [0.4, 0.5) is 8.78 Å². The Kier molecular flexibility index (Phi) is 3.38. The van der Waals surface area contributed by atoms with Crippen molar-refractivity contribution in [3.8, 4) is 11.1 Å². The monoisotopic (exact) mass is 284 g/mol. The number of aryl methyl sites for hydroxylation is 1.